The molecule has 1 rings (SSSR count). The average molecular weight is 322 g/mol. The molecule has 0 radical (unpaired) electrons. The van der Waals surface area contributed by atoms with E-state index in [0.717, 1.165) is 31.0 Å². The van der Waals surface area contributed by atoms with Crippen LogP contribution in [0.25, 0.3) is 0 Å². The Morgan fingerprint density at radius 1 is 1.30 bits per heavy atom. The second kappa shape index (κ2) is 8.93. The van der Waals surface area contributed by atoms with E-state index in [4.69, 9.17) is 4.74 Å². The second-order valence-electron chi connectivity index (χ2n) is 6.75. The van der Waals surface area contributed by atoms with Gasteiger partial charge < -0.3 is 9.64 Å². The van der Waals surface area contributed by atoms with Crippen LogP contribution in [0.15, 0.2) is 12.3 Å². The zero-order chi connectivity index (χ0) is 17.5. The lowest BCUT2D eigenvalue weighted by Crippen LogP contribution is -2.42. The van der Waals surface area contributed by atoms with Crippen molar-refractivity contribution in [2.45, 2.75) is 33.7 Å². The minimum atomic E-state index is -0.481. The maximum atomic E-state index is 12.4. The summed E-state index contributed by atoms with van der Waals surface area (Å²) in [5.74, 6) is 0.946. The summed E-state index contributed by atoms with van der Waals surface area (Å²) in [5, 5.41) is 0. The highest BCUT2D eigenvalue weighted by molar-refractivity contribution is 5.81. The van der Waals surface area contributed by atoms with Gasteiger partial charge in [-0.15, -0.1) is 0 Å². The summed E-state index contributed by atoms with van der Waals surface area (Å²) in [4.78, 5) is 25.0. The van der Waals surface area contributed by atoms with E-state index in [9.17, 15) is 4.79 Å². The molecular formula is C17H30N4O2. The molecule has 1 amide bonds. The Labute approximate surface area is 139 Å². The Balaban J connectivity index is 2.36. The first-order valence-corrected chi connectivity index (χ1v) is 7.98. The third-order valence-corrected chi connectivity index (χ3v) is 3.72. The molecule has 0 saturated carbocycles. The molecule has 1 aromatic heterocycles. The number of ether oxygens (including phenoxy) is 1. The zero-order valence-electron chi connectivity index (χ0n) is 15.3. The number of carbonyl (C=O) groups excluding carboxylic acids is 1. The molecule has 6 nitrogen and oxygen atoms in total. The Morgan fingerprint density at radius 2 is 2.00 bits per heavy atom. The maximum Gasteiger partial charge on any atom is 0.230 e. The zero-order valence-corrected chi connectivity index (χ0v) is 15.3. The molecule has 0 unspecified atom stereocenters. The molecule has 23 heavy (non-hydrogen) atoms. The average Bonchev–Trinajstić information content (AvgIpc) is 2.46. The van der Waals surface area contributed by atoms with E-state index in [2.05, 4.69) is 14.9 Å². The number of carbonyl (C=O) groups is 1. The normalized spacial score (nSPS) is 11.8. The van der Waals surface area contributed by atoms with Gasteiger partial charge in [0.05, 0.1) is 18.6 Å². The minimum absolute atomic E-state index is 0.115. The van der Waals surface area contributed by atoms with Gasteiger partial charge in [0.15, 0.2) is 0 Å². The van der Waals surface area contributed by atoms with Crippen LogP contribution in [-0.4, -0.2) is 66.6 Å². The van der Waals surface area contributed by atoms with E-state index in [0.29, 0.717) is 13.2 Å². The van der Waals surface area contributed by atoms with Crippen LogP contribution in [0, 0.1) is 12.3 Å². The fourth-order valence-electron chi connectivity index (χ4n) is 2.52. The van der Waals surface area contributed by atoms with Crippen LogP contribution in [0.2, 0.25) is 0 Å². The van der Waals surface area contributed by atoms with E-state index < -0.39 is 5.41 Å². The number of nitrogens with zero attached hydrogens (tertiary/aromatic N) is 4. The number of amides is 1. The predicted octanol–water partition coefficient (Wildman–Crippen LogP) is 1.74. The van der Waals surface area contributed by atoms with E-state index in [1.54, 1.807) is 18.2 Å². The molecule has 0 aliphatic rings. The van der Waals surface area contributed by atoms with Crippen LogP contribution in [0.4, 0.5) is 0 Å². The van der Waals surface area contributed by atoms with Crippen molar-refractivity contribution in [1.29, 1.82) is 0 Å². The van der Waals surface area contributed by atoms with Gasteiger partial charge in [0.2, 0.25) is 5.91 Å². The Hall–Kier alpha value is -1.53. The third-order valence-electron chi connectivity index (χ3n) is 3.72. The highest BCUT2D eigenvalue weighted by atomic mass is 16.5. The summed E-state index contributed by atoms with van der Waals surface area (Å²) in [6, 6.07) is 1.89. The Morgan fingerprint density at radius 3 is 2.61 bits per heavy atom. The summed E-state index contributed by atoms with van der Waals surface area (Å²) in [6.07, 6.45) is 2.70. The van der Waals surface area contributed by atoms with E-state index in [1.165, 1.54) is 0 Å². The minimum Gasteiger partial charge on any atom is -0.384 e. The van der Waals surface area contributed by atoms with Crippen LogP contribution in [0.5, 0.6) is 0 Å². The van der Waals surface area contributed by atoms with E-state index >= 15 is 0 Å². The van der Waals surface area contributed by atoms with Crippen molar-refractivity contribution < 1.29 is 9.53 Å². The quantitative estimate of drug-likeness (QED) is 0.693. The standard InChI is InChI=1S/C17H30N4O2/c1-14-8-9-18-15(19-14)12-20(4)10-7-11-21(5)16(22)17(2,3)13-23-6/h8-9H,7,10-13H2,1-6H3. The van der Waals surface area contributed by atoms with Crippen LogP contribution in [-0.2, 0) is 16.1 Å². The van der Waals surface area contributed by atoms with Crippen LogP contribution < -0.4 is 0 Å². The molecule has 130 valence electrons. The van der Waals surface area contributed by atoms with Gasteiger partial charge in [-0.05, 0) is 46.9 Å². The SMILES string of the molecule is COCC(C)(C)C(=O)N(C)CCCN(C)Cc1nccc(C)n1. The van der Waals surface area contributed by atoms with Crippen molar-refractivity contribution in [3.8, 4) is 0 Å². The van der Waals surface area contributed by atoms with Gasteiger partial charge in [-0.25, -0.2) is 9.97 Å². The van der Waals surface area contributed by atoms with Gasteiger partial charge in [0, 0.05) is 32.6 Å². The van der Waals surface area contributed by atoms with Gasteiger partial charge in [-0.2, -0.15) is 0 Å². The molecule has 0 aromatic carbocycles. The van der Waals surface area contributed by atoms with Gasteiger partial charge in [0.1, 0.15) is 5.82 Å². The number of hydrogen-bond acceptors (Lipinski definition) is 5. The van der Waals surface area contributed by atoms with Crippen molar-refractivity contribution in [3.63, 3.8) is 0 Å². The topological polar surface area (TPSA) is 58.6 Å². The molecular weight excluding hydrogens is 292 g/mol. The first-order valence-electron chi connectivity index (χ1n) is 7.98. The van der Waals surface area contributed by atoms with E-state index in [1.807, 2.05) is 40.9 Å². The van der Waals surface area contributed by atoms with Crippen molar-refractivity contribution in [2.24, 2.45) is 5.41 Å². The van der Waals surface area contributed by atoms with Crippen LogP contribution >= 0.6 is 0 Å². The summed E-state index contributed by atoms with van der Waals surface area (Å²) in [5.41, 5.74) is 0.499. The van der Waals surface area contributed by atoms with Crippen molar-refractivity contribution in [3.05, 3.63) is 23.8 Å². The Bertz CT molecular complexity index is 505. The smallest absolute Gasteiger partial charge is 0.230 e. The number of aromatic nitrogens is 2. The van der Waals surface area contributed by atoms with Crippen LogP contribution in [0.1, 0.15) is 31.8 Å². The predicted molar refractivity (Wildman–Crippen MR) is 91.0 cm³/mol. The molecule has 0 N–H and O–H groups in total. The number of hydrogen-bond donors (Lipinski definition) is 0. The molecule has 0 bridgehead atoms. The summed E-state index contributed by atoms with van der Waals surface area (Å²) in [7, 11) is 5.52. The molecule has 0 aliphatic heterocycles. The summed E-state index contributed by atoms with van der Waals surface area (Å²) >= 11 is 0. The first kappa shape index (κ1) is 19.5. The lowest BCUT2D eigenvalue weighted by Gasteiger charge is -2.29. The van der Waals surface area contributed by atoms with Gasteiger partial charge >= 0.3 is 0 Å². The first-order chi connectivity index (χ1) is 10.8. The number of rotatable bonds is 9. The van der Waals surface area contributed by atoms with Gasteiger partial charge in [-0.3, -0.25) is 9.69 Å². The molecule has 0 fully saturated rings. The van der Waals surface area contributed by atoms with Crippen molar-refractivity contribution in [2.75, 3.05) is 40.9 Å². The third kappa shape index (κ3) is 6.62. The molecule has 0 saturated heterocycles. The van der Waals surface area contributed by atoms with Crippen LogP contribution in [0.3, 0.4) is 0 Å². The highest BCUT2D eigenvalue weighted by Gasteiger charge is 2.30. The highest BCUT2D eigenvalue weighted by Crippen LogP contribution is 2.18. The Kier molecular flexibility index (Phi) is 7.58. The molecule has 1 heterocycles. The van der Waals surface area contributed by atoms with Gasteiger partial charge in [0.25, 0.3) is 0 Å². The summed E-state index contributed by atoms with van der Waals surface area (Å²) in [6.45, 7) is 8.56. The lowest BCUT2D eigenvalue weighted by molar-refractivity contribution is -0.141. The molecule has 0 aliphatic carbocycles. The van der Waals surface area contributed by atoms with E-state index in [-0.39, 0.29) is 5.91 Å². The fraction of sp³-hybridized carbons (Fsp3) is 0.706. The second-order valence-corrected chi connectivity index (χ2v) is 6.75. The van der Waals surface area contributed by atoms with Gasteiger partial charge in [-0.1, -0.05) is 0 Å². The molecule has 1 aromatic rings. The molecule has 0 atom stereocenters. The fourth-order valence-corrected chi connectivity index (χ4v) is 2.52. The molecule has 6 heteroatoms. The molecule has 0 spiro atoms. The monoisotopic (exact) mass is 322 g/mol. The maximum absolute atomic E-state index is 12.4. The van der Waals surface area contributed by atoms with Crippen molar-refractivity contribution >= 4 is 5.91 Å². The summed E-state index contributed by atoms with van der Waals surface area (Å²) < 4.78 is 5.13. The van der Waals surface area contributed by atoms with Crippen molar-refractivity contribution in [1.82, 2.24) is 19.8 Å². The lowest BCUT2D eigenvalue weighted by atomic mass is 9.93. The number of methoxy groups -OCH3 is 1. The largest absolute Gasteiger partial charge is 0.384 e. The number of aryl methyl sites for hydroxylation is 1.